The van der Waals surface area contributed by atoms with Crippen molar-refractivity contribution in [3.8, 4) is 5.75 Å². The minimum atomic E-state index is -1.22. The molecule has 5 rings (SSSR count). The summed E-state index contributed by atoms with van der Waals surface area (Å²) >= 11 is 0. The van der Waals surface area contributed by atoms with Crippen LogP contribution in [-0.4, -0.2) is 84.8 Å². The summed E-state index contributed by atoms with van der Waals surface area (Å²) in [7, 11) is 1.57. The van der Waals surface area contributed by atoms with Gasteiger partial charge in [-0.2, -0.15) is 0 Å². The number of carbonyl (C=O) groups excluding carboxylic acids is 4. The topological polar surface area (TPSA) is 135 Å². The van der Waals surface area contributed by atoms with Gasteiger partial charge in [-0.05, 0) is 68.4 Å². The van der Waals surface area contributed by atoms with Crippen LogP contribution >= 0.6 is 0 Å². The molecule has 3 fully saturated rings. The average Bonchev–Trinajstić information content (AvgIpc) is 3.77. The molecule has 6 atom stereocenters. The molecule has 0 radical (unpaired) electrons. The van der Waals surface area contributed by atoms with Crippen LogP contribution in [0.25, 0.3) is 0 Å². The molecule has 11 nitrogen and oxygen atoms in total. The quantitative estimate of drug-likeness (QED) is 0.137. The van der Waals surface area contributed by atoms with Crippen LogP contribution in [0.15, 0.2) is 79.9 Å². The molecule has 2 aromatic rings. The molecule has 0 aromatic heterocycles. The highest BCUT2D eigenvalue weighted by molar-refractivity contribution is 6.04. The Bertz CT molecular complexity index is 1500. The third kappa shape index (κ3) is 7.43. The number of rotatable bonds is 18. The number of aliphatic hydroxyl groups is 1. The fourth-order valence-corrected chi connectivity index (χ4v) is 7.52. The van der Waals surface area contributed by atoms with Crippen molar-refractivity contribution in [3.05, 3.63) is 85.5 Å². The van der Waals surface area contributed by atoms with E-state index in [2.05, 4.69) is 18.5 Å². The normalized spacial score (nSPS) is 24.2. The zero-order chi connectivity index (χ0) is 35.0. The van der Waals surface area contributed by atoms with Crippen LogP contribution in [0.4, 0.5) is 5.69 Å². The molecule has 11 heteroatoms. The molecule has 3 amide bonds. The number of likely N-dealkylation sites (tertiary alicyclic amines) is 1. The second-order valence-electron chi connectivity index (χ2n) is 12.8. The van der Waals surface area contributed by atoms with Gasteiger partial charge in [0, 0.05) is 31.8 Å². The predicted octanol–water partition coefficient (Wildman–Crippen LogP) is 4.12. The van der Waals surface area contributed by atoms with Gasteiger partial charge in [0.1, 0.15) is 23.5 Å². The zero-order valence-corrected chi connectivity index (χ0v) is 28.1. The van der Waals surface area contributed by atoms with Crippen LogP contribution in [0, 0.1) is 11.8 Å². The van der Waals surface area contributed by atoms with Crippen molar-refractivity contribution in [2.24, 2.45) is 11.8 Å². The highest BCUT2D eigenvalue weighted by Crippen LogP contribution is 2.59. The van der Waals surface area contributed by atoms with Crippen LogP contribution in [0.5, 0.6) is 5.75 Å². The Morgan fingerprint density at radius 1 is 1.10 bits per heavy atom. The third-order valence-corrected chi connectivity index (χ3v) is 9.82. The lowest BCUT2D eigenvalue weighted by Crippen LogP contribution is -2.56. The van der Waals surface area contributed by atoms with E-state index in [9.17, 15) is 24.3 Å². The van der Waals surface area contributed by atoms with Crippen LogP contribution in [-0.2, 0) is 28.7 Å². The minimum Gasteiger partial charge on any atom is -0.497 e. The molecule has 49 heavy (non-hydrogen) atoms. The molecule has 3 aliphatic heterocycles. The van der Waals surface area contributed by atoms with E-state index in [0.29, 0.717) is 55.5 Å². The SMILES string of the molecule is C=CCCC(=O)NC[C@H](OC(=O)[C@@H]1[C@H]2C(=O)N(CCCCCO)[C@H](C(=O)N(CC=C)c3ccc(OC)cc3)[C@]23CC[C@H]1O3)c1ccccc1. The van der Waals surface area contributed by atoms with Gasteiger partial charge in [0.15, 0.2) is 0 Å². The van der Waals surface area contributed by atoms with E-state index >= 15 is 0 Å². The number of nitrogens with one attached hydrogen (secondary N) is 1. The van der Waals surface area contributed by atoms with E-state index in [4.69, 9.17) is 14.2 Å². The fraction of sp³-hybridized carbons (Fsp3) is 0.474. The Morgan fingerprint density at radius 2 is 1.86 bits per heavy atom. The molecule has 0 saturated carbocycles. The van der Waals surface area contributed by atoms with Gasteiger partial charge in [-0.25, -0.2) is 0 Å². The molecular formula is C38H47N3O8. The van der Waals surface area contributed by atoms with Crippen LogP contribution in [0.2, 0.25) is 0 Å². The molecular weight excluding hydrogens is 626 g/mol. The fourth-order valence-electron chi connectivity index (χ4n) is 7.52. The molecule has 3 aliphatic rings. The van der Waals surface area contributed by atoms with Gasteiger partial charge in [-0.1, -0.05) is 42.5 Å². The van der Waals surface area contributed by atoms with Crippen molar-refractivity contribution in [2.75, 3.05) is 38.3 Å². The van der Waals surface area contributed by atoms with Crippen LogP contribution in [0.3, 0.4) is 0 Å². The van der Waals surface area contributed by atoms with Crippen molar-refractivity contribution >= 4 is 29.4 Å². The lowest BCUT2D eigenvalue weighted by atomic mass is 9.70. The number of aliphatic hydroxyl groups excluding tert-OH is 1. The number of hydrogen-bond donors (Lipinski definition) is 2. The monoisotopic (exact) mass is 673 g/mol. The van der Waals surface area contributed by atoms with Crippen molar-refractivity contribution in [1.29, 1.82) is 0 Å². The number of ether oxygens (including phenoxy) is 3. The Morgan fingerprint density at radius 3 is 2.53 bits per heavy atom. The largest absolute Gasteiger partial charge is 0.497 e. The minimum absolute atomic E-state index is 0.0312. The number of benzene rings is 2. The van der Waals surface area contributed by atoms with E-state index < -0.39 is 41.7 Å². The van der Waals surface area contributed by atoms with E-state index in [-0.39, 0.29) is 50.4 Å². The number of allylic oxidation sites excluding steroid dienone is 1. The summed E-state index contributed by atoms with van der Waals surface area (Å²) < 4.78 is 18.1. The summed E-state index contributed by atoms with van der Waals surface area (Å²) in [5.41, 5.74) is 0.101. The number of anilines is 1. The van der Waals surface area contributed by atoms with Crippen LogP contribution in [0.1, 0.15) is 56.6 Å². The summed E-state index contributed by atoms with van der Waals surface area (Å²) in [5.74, 6) is -2.61. The summed E-state index contributed by atoms with van der Waals surface area (Å²) in [6.07, 6.45) is 5.43. The first-order valence-corrected chi connectivity index (χ1v) is 17.1. The van der Waals surface area contributed by atoms with Gasteiger partial charge in [-0.3, -0.25) is 19.2 Å². The number of amides is 3. The Kier molecular flexibility index (Phi) is 11.9. The van der Waals surface area contributed by atoms with Crippen molar-refractivity contribution in [3.63, 3.8) is 0 Å². The summed E-state index contributed by atoms with van der Waals surface area (Å²) in [5, 5.41) is 12.2. The number of hydrogen-bond acceptors (Lipinski definition) is 8. The van der Waals surface area contributed by atoms with E-state index in [1.165, 1.54) is 0 Å². The van der Waals surface area contributed by atoms with E-state index in [1.54, 1.807) is 53.3 Å². The van der Waals surface area contributed by atoms with E-state index in [1.807, 2.05) is 30.3 Å². The lowest BCUT2D eigenvalue weighted by Gasteiger charge is -2.37. The highest BCUT2D eigenvalue weighted by atomic mass is 16.6. The number of esters is 1. The van der Waals surface area contributed by atoms with Gasteiger partial charge >= 0.3 is 5.97 Å². The summed E-state index contributed by atoms with van der Waals surface area (Å²) in [6, 6.07) is 15.3. The predicted molar refractivity (Wildman–Crippen MR) is 184 cm³/mol. The molecule has 1 spiro atoms. The highest BCUT2D eigenvalue weighted by Gasteiger charge is 2.75. The Hall–Kier alpha value is -4.48. The molecule has 2 bridgehead atoms. The smallest absolute Gasteiger partial charge is 0.313 e. The Labute approximate surface area is 287 Å². The summed E-state index contributed by atoms with van der Waals surface area (Å²) in [4.78, 5) is 58.9. The molecule has 0 aliphatic carbocycles. The maximum Gasteiger partial charge on any atom is 0.313 e. The number of nitrogens with zero attached hydrogens (tertiary/aromatic N) is 2. The van der Waals surface area contributed by atoms with Gasteiger partial charge in [-0.15, -0.1) is 13.2 Å². The number of methoxy groups -OCH3 is 1. The summed E-state index contributed by atoms with van der Waals surface area (Å²) in [6.45, 7) is 8.09. The molecule has 2 N–H and O–H groups in total. The zero-order valence-electron chi connectivity index (χ0n) is 28.1. The average molecular weight is 674 g/mol. The molecule has 262 valence electrons. The van der Waals surface area contributed by atoms with Gasteiger partial charge in [0.05, 0.1) is 31.6 Å². The van der Waals surface area contributed by atoms with Crippen LogP contribution < -0.4 is 15.0 Å². The lowest BCUT2D eigenvalue weighted by molar-refractivity contribution is -0.160. The van der Waals surface area contributed by atoms with Gasteiger partial charge in [0.2, 0.25) is 11.8 Å². The maximum atomic E-state index is 14.7. The van der Waals surface area contributed by atoms with Crippen molar-refractivity contribution in [1.82, 2.24) is 10.2 Å². The van der Waals surface area contributed by atoms with Crippen molar-refractivity contribution < 1.29 is 38.5 Å². The Balaban J connectivity index is 1.44. The number of unbranched alkanes of at least 4 members (excludes halogenated alkanes) is 2. The van der Waals surface area contributed by atoms with E-state index in [0.717, 1.165) is 0 Å². The standard InChI is InChI=1S/C38H47N3O8/c1-4-6-15-31(43)39-25-30(26-13-9-7-10-14-26)48-37(46)32-29-20-21-38(49-29)33(32)35(44)41(23-11-8-12-24-42)34(38)36(45)40(22-5-2)27-16-18-28(47-3)19-17-27/h4-5,7,9-10,13-14,16-19,29-30,32-34,42H,1-2,6,8,11-12,15,20-25H2,3H3,(H,39,43)/t29-,30+,32+,33+,34-,38+/m1/s1. The molecule has 3 saturated heterocycles. The second kappa shape index (κ2) is 16.3. The molecule has 3 heterocycles. The first-order valence-electron chi connectivity index (χ1n) is 17.1. The molecule has 2 aromatic carbocycles. The maximum absolute atomic E-state index is 14.7. The van der Waals surface area contributed by atoms with Gasteiger partial charge < -0.3 is 34.4 Å². The van der Waals surface area contributed by atoms with Crippen molar-refractivity contribution in [2.45, 2.75) is 68.8 Å². The first kappa shape index (κ1) is 35.8. The second-order valence-corrected chi connectivity index (χ2v) is 12.8. The molecule has 0 unspecified atom stereocenters. The first-order chi connectivity index (χ1) is 23.8. The third-order valence-electron chi connectivity index (χ3n) is 9.82. The number of carbonyl (C=O) groups is 4. The number of fused-ring (bicyclic) bond motifs is 1. The van der Waals surface area contributed by atoms with Gasteiger partial charge in [0.25, 0.3) is 5.91 Å².